The van der Waals surface area contributed by atoms with Crippen molar-refractivity contribution < 1.29 is 13.2 Å². The van der Waals surface area contributed by atoms with E-state index in [-0.39, 0.29) is 24.6 Å². The average Bonchev–Trinajstić information content (AvgIpc) is 2.41. The van der Waals surface area contributed by atoms with Gasteiger partial charge in [-0.2, -0.15) is 0 Å². The Kier molecular flexibility index (Phi) is 9.79. The third-order valence-electron chi connectivity index (χ3n) is 2.66. The third kappa shape index (κ3) is 9.17. The van der Waals surface area contributed by atoms with E-state index in [4.69, 9.17) is 28.9 Å². The maximum atomic E-state index is 11.7. The molecular weight excluding hydrogens is 387 g/mol. The second-order valence-corrected chi connectivity index (χ2v) is 7.83. The fourth-order valence-corrected chi connectivity index (χ4v) is 2.64. The van der Waals surface area contributed by atoms with Crippen molar-refractivity contribution in [3.63, 3.8) is 0 Å². The Morgan fingerprint density at radius 1 is 1.39 bits per heavy atom. The summed E-state index contributed by atoms with van der Waals surface area (Å²) in [5.74, 6) is -0.0632. The number of aromatic nitrogens is 1. The maximum Gasteiger partial charge on any atom is 0.237 e. The van der Waals surface area contributed by atoms with Crippen LogP contribution in [0.3, 0.4) is 0 Å². The third-order valence-corrected chi connectivity index (χ3v) is 4.13. The highest BCUT2D eigenvalue weighted by Gasteiger charge is 2.15. The number of carbonyl (C=O) groups is 1. The zero-order valence-corrected chi connectivity index (χ0v) is 15.5. The summed E-state index contributed by atoms with van der Waals surface area (Å²) in [6, 6.07) is 0.699. The number of amides is 1. The number of nitrogens with zero attached hydrogens (tertiary/aromatic N) is 1. The number of pyridine rings is 1. The largest absolute Gasteiger partial charge is 0.367 e. The molecule has 0 aromatic carbocycles. The first kappa shape index (κ1) is 22.2. The second-order valence-electron chi connectivity index (χ2n) is 4.73. The zero-order chi connectivity index (χ0) is 16.8. The van der Waals surface area contributed by atoms with Gasteiger partial charge in [0.2, 0.25) is 5.91 Å². The molecule has 0 fully saturated rings. The summed E-state index contributed by atoms with van der Waals surface area (Å²) in [5, 5.41) is 6.35. The van der Waals surface area contributed by atoms with Gasteiger partial charge >= 0.3 is 0 Å². The molecule has 1 heterocycles. The fraction of sp³-hybridized carbons (Fsp3) is 0.500. The first-order valence-corrected chi connectivity index (χ1v) is 9.26. The average molecular weight is 406 g/mol. The summed E-state index contributed by atoms with van der Waals surface area (Å²) < 4.78 is 22.0. The van der Waals surface area contributed by atoms with E-state index in [1.54, 1.807) is 6.07 Å². The molecule has 0 saturated heterocycles. The summed E-state index contributed by atoms with van der Waals surface area (Å²) >= 11 is 11.7. The molecule has 1 aromatic heterocycles. The molecule has 1 unspecified atom stereocenters. The highest BCUT2D eigenvalue weighted by atomic mass is 35.5. The van der Waals surface area contributed by atoms with Crippen molar-refractivity contribution >= 4 is 57.2 Å². The molecule has 23 heavy (non-hydrogen) atoms. The summed E-state index contributed by atoms with van der Waals surface area (Å²) in [6.45, 7) is 0.685. The highest BCUT2D eigenvalue weighted by molar-refractivity contribution is 7.90. The molecule has 0 aliphatic rings. The predicted molar refractivity (Wildman–Crippen MR) is 95.3 cm³/mol. The molecule has 0 radical (unpaired) electrons. The Hall–Kier alpha value is -0.800. The molecule has 0 spiro atoms. The van der Waals surface area contributed by atoms with Crippen molar-refractivity contribution in [3.8, 4) is 0 Å². The van der Waals surface area contributed by atoms with Gasteiger partial charge in [-0.15, -0.1) is 12.4 Å². The van der Waals surface area contributed by atoms with Crippen molar-refractivity contribution in [2.24, 2.45) is 5.73 Å². The minimum Gasteiger partial charge on any atom is -0.367 e. The molecule has 0 aliphatic heterocycles. The number of nitrogens with two attached hydrogens (primary N) is 1. The van der Waals surface area contributed by atoms with Crippen LogP contribution in [0.1, 0.15) is 6.42 Å². The number of rotatable bonds is 8. The molecule has 1 rings (SSSR count). The summed E-state index contributed by atoms with van der Waals surface area (Å²) in [6.07, 6.45) is 2.64. The first-order valence-electron chi connectivity index (χ1n) is 6.45. The molecule has 0 bridgehead atoms. The van der Waals surface area contributed by atoms with Gasteiger partial charge in [-0.25, -0.2) is 13.4 Å². The molecule has 4 N–H and O–H groups in total. The van der Waals surface area contributed by atoms with Crippen LogP contribution < -0.4 is 16.4 Å². The molecule has 1 aromatic rings. The van der Waals surface area contributed by atoms with E-state index >= 15 is 0 Å². The molecule has 1 atom stereocenters. The lowest BCUT2D eigenvalue weighted by molar-refractivity contribution is -0.122. The number of halogens is 3. The van der Waals surface area contributed by atoms with Crippen molar-refractivity contribution in [2.75, 3.05) is 30.4 Å². The fourth-order valence-electron chi connectivity index (χ4n) is 1.51. The van der Waals surface area contributed by atoms with Crippen molar-refractivity contribution in [3.05, 3.63) is 22.3 Å². The van der Waals surface area contributed by atoms with E-state index < -0.39 is 21.8 Å². The quantitative estimate of drug-likeness (QED) is 0.558. The van der Waals surface area contributed by atoms with Crippen molar-refractivity contribution in [1.29, 1.82) is 0 Å². The van der Waals surface area contributed by atoms with E-state index in [1.165, 1.54) is 6.20 Å². The Bertz CT molecular complexity index is 628. The van der Waals surface area contributed by atoms with Crippen LogP contribution in [0, 0.1) is 0 Å². The van der Waals surface area contributed by atoms with E-state index in [0.717, 1.165) is 6.26 Å². The molecule has 1 amide bonds. The van der Waals surface area contributed by atoms with Gasteiger partial charge in [0.25, 0.3) is 0 Å². The standard InChI is InChI=1S/C12H18Cl2N4O3S.ClH/c1-22(20,21)5-2-10(15)12(19)17-4-3-16-11-9(14)6-8(13)7-18-11;/h6-7,10H,2-5,15H2,1H3,(H,16,18)(H,17,19);1H. The lowest BCUT2D eigenvalue weighted by Crippen LogP contribution is -2.43. The molecule has 0 aliphatic carbocycles. The Balaban J connectivity index is 0.00000484. The van der Waals surface area contributed by atoms with Gasteiger partial charge in [0.15, 0.2) is 0 Å². The molecule has 11 heteroatoms. The van der Waals surface area contributed by atoms with Crippen molar-refractivity contribution in [2.45, 2.75) is 12.5 Å². The normalized spacial score (nSPS) is 12.2. The monoisotopic (exact) mass is 404 g/mol. The van der Waals surface area contributed by atoms with Gasteiger partial charge < -0.3 is 16.4 Å². The summed E-state index contributed by atoms with van der Waals surface area (Å²) in [4.78, 5) is 15.7. The van der Waals surface area contributed by atoms with Crippen LogP contribution in [0.4, 0.5) is 5.82 Å². The zero-order valence-electron chi connectivity index (χ0n) is 12.4. The SMILES string of the molecule is CS(=O)(=O)CCC(N)C(=O)NCCNc1ncc(Cl)cc1Cl.Cl. The van der Waals surface area contributed by atoms with E-state index in [0.29, 0.717) is 29.0 Å². The number of nitrogens with one attached hydrogen (secondary N) is 2. The van der Waals surface area contributed by atoms with Crippen LogP contribution in [-0.2, 0) is 14.6 Å². The Morgan fingerprint density at radius 2 is 2.04 bits per heavy atom. The van der Waals surface area contributed by atoms with Crippen LogP contribution in [0.25, 0.3) is 0 Å². The van der Waals surface area contributed by atoms with Crippen LogP contribution >= 0.6 is 35.6 Å². The van der Waals surface area contributed by atoms with Crippen LogP contribution in [-0.4, -0.2) is 50.4 Å². The lowest BCUT2D eigenvalue weighted by Gasteiger charge is -2.12. The number of sulfone groups is 1. The number of hydrogen-bond acceptors (Lipinski definition) is 6. The highest BCUT2D eigenvalue weighted by Crippen LogP contribution is 2.21. The minimum absolute atomic E-state index is 0. The van der Waals surface area contributed by atoms with Gasteiger partial charge in [0.05, 0.1) is 21.8 Å². The molecule has 7 nitrogen and oxygen atoms in total. The lowest BCUT2D eigenvalue weighted by atomic mass is 10.2. The topological polar surface area (TPSA) is 114 Å². The number of carbonyl (C=O) groups excluding carboxylic acids is 1. The smallest absolute Gasteiger partial charge is 0.237 e. The number of anilines is 1. The van der Waals surface area contributed by atoms with Gasteiger partial charge in [-0.05, 0) is 12.5 Å². The minimum atomic E-state index is -3.13. The van der Waals surface area contributed by atoms with Gasteiger partial charge in [0.1, 0.15) is 15.7 Å². The van der Waals surface area contributed by atoms with Crippen LogP contribution in [0.5, 0.6) is 0 Å². The van der Waals surface area contributed by atoms with Gasteiger partial charge in [-0.1, -0.05) is 23.2 Å². The Labute approximate surface area is 151 Å². The first-order chi connectivity index (χ1) is 10.2. The number of hydrogen-bond donors (Lipinski definition) is 3. The van der Waals surface area contributed by atoms with Crippen LogP contribution in [0.15, 0.2) is 12.3 Å². The second kappa shape index (κ2) is 10.1. The molecule has 132 valence electrons. The van der Waals surface area contributed by atoms with Crippen LogP contribution in [0.2, 0.25) is 10.0 Å². The van der Waals surface area contributed by atoms with E-state index in [1.807, 2.05) is 0 Å². The molecular formula is C12H19Cl3N4O3S. The Morgan fingerprint density at radius 3 is 2.61 bits per heavy atom. The van der Waals surface area contributed by atoms with E-state index in [9.17, 15) is 13.2 Å². The predicted octanol–water partition coefficient (Wildman–Crippen LogP) is 1.10. The van der Waals surface area contributed by atoms with Gasteiger partial charge in [-0.3, -0.25) is 4.79 Å². The molecule has 0 saturated carbocycles. The maximum absolute atomic E-state index is 11.7. The summed E-state index contributed by atoms with van der Waals surface area (Å²) in [5.41, 5.74) is 5.61. The van der Waals surface area contributed by atoms with Gasteiger partial charge in [0, 0.05) is 25.5 Å². The van der Waals surface area contributed by atoms with Crippen molar-refractivity contribution in [1.82, 2.24) is 10.3 Å². The summed E-state index contributed by atoms with van der Waals surface area (Å²) in [7, 11) is -3.13. The van der Waals surface area contributed by atoms with E-state index in [2.05, 4.69) is 15.6 Å².